The summed E-state index contributed by atoms with van der Waals surface area (Å²) >= 11 is 2.50. The molecule has 2 saturated carbocycles. The maximum Gasteiger partial charge on any atom is 0.324 e. The first-order chi connectivity index (χ1) is 12.2. The largest absolute Gasteiger partial charge is 0.324 e. The van der Waals surface area contributed by atoms with E-state index in [2.05, 4.69) is 20.6 Å². The van der Waals surface area contributed by atoms with Crippen LogP contribution in [0.1, 0.15) is 69.9 Å². The molecule has 5 nitrogen and oxygen atoms in total. The lowest BCUT2D eigenvalue weighted by atomic mass is 9.89. The quantitative estimate of drug-likeness (QED) is 0.553. The van der Waals surface area contributed by atoms with Crippen molar-refractivity contribution in [2.45, 2.75) is 87.4 Å². The average molecular weight is 379 g/mol. The Balaban J connectivity index is 1.73. The van der Waals surface area contributed by atoms with Gasteiger partial charge in [-0.3, -0.25) is 5.32 Å². The van der Waals surface area contributed by atoms with Crippen molar-refractivity contribution < 1.29 is 4.79 Å². The van der Waals surface area contributed by atoms with E-state index in [-0.39, 0.29) is 6.03 Å². The van der Waals surface area contributed by atoms with Crippen LogP contribution in [0.2, 0.25) is 0 Å². The standard InChI is InChI=1S/C18H26N4OS2/c1-13-16(24-12-19)25-17(20-13)21-18(23)22(14-8-4-2-5-9-14)15-10-6-3-7-11-15/h14-15H,2-11H2,1H3,(H,20,21,23). The van der Waals surface area contributed by atoms with Gasteiger partial charge in [0, 0.05) is 23.8 Å². The van der Waals surface area contributed by atoms with Crippen molar-refractivity contribution in [2.75, 3.05) is 5.32 Å². The van der Waals surface area contributed by atoms with Crippen molar-refractivity contribution in [3.63, 3.8) is 0 Å². The third-order valence-corrected chi connectivity index (χ3v) is 7.22. The number of thioether (sulfide) groups is 1. The number of aromatic nitrogens is 1. The van der Waals surface area contributed by atoms with E-state index in [9.17, 15) is 4.79 Å². The Kier molecular flexibility index (Phi) is 6.60. The minimum absolute atomic E-state index is 0.000979. The van der Waals surface area contributed by atoms with Gasteiger partial charge in [0.1, 0.15) is 5.40 Å². The zero-order chi connectivity index (χ0) is 17.6. The predicted molar refractivity (Wildman–Crippen MR) is 103 cm³/mol. The molecule has 0 aromatic carbocycles. The number of carbonyl (C=O) groups excluding carboxylic acids is 1. The Morgan fingerprint density at radius 1 is 1.16 bits per heavy atom. The maximum absolute atomic E-state index is 13.1. The van der Waals surface area contributed by atoms with E-state index in [0.29, 0.717) is 17.2 Å². The summed E-state index contributed by atoms with van der Waals surface area (Å²) in [6.07, 6.45) is 12.0. The molecule has 2 aliphatic carbocycles. The van der Waals surface area contributed by atoms with Crippen LogP contribution in [0.5, 0.6) is 0 Å². The van der Waals surface area contributed by atoms with Crippen LogP contribution < -0.4 is 5.32 Å². The lowest BCUT2D eigenvalue weighted by Crippen LogP contribution is -2.50. The zero-order valence-electron chi connectivity index (χ0n) is 14.8. The van der Waals surface area contributed by atoms with Crippen molar-refractivity contribution >= 4 is 34.3 Å². The van der Waals surface area contributed by atoms with Gasteiger partial charge in [-0.25, -0.2) is 9.78 Å². The molecule has 0 atom stereocenters. The highest BCUT2D eigenvalue weighted by Gasteiger charge is 2.32. The van der Waals surface area contributed by atoms with Gasteiger partial charge in [0.15, 0.2) is 5.13 Å². The van der Waals surface area contributed by atoms with E-state index in [1.165, 1.54) is 49.9 Å². The van der Waals surface area contributed by atoms with Gasteiger partial charge in [0.2, 0.25) is 0 Å². The van der Waals surface area contributed by atoms with Crippen molar-refractivity contribution in [2.24, 2.45) is 0 Å². The van der Waals surface area contributed by atoms with E-state index in [1.807, 2.05) is 6.92 Å². The first-order valence-electron chi connectivity index (χ1n) is 9.31. The van der Waals surface area contributed by atoms with Crippen molar-refractivity contribution in [3.8, 4) is 5.40 Å². The summed E-state index contributed by atoms with van der Waals surface area (Å²) in [5.74, 6) is 0. The number of amides is 2. The van der Waals surface area contributed by atoms with E-state index < -0.39 is 0 Å². The molecule has 0 bridgehead atoms. The molecular formula is C18H26N4OS2. The van der Waals surface area contributed by atoms with Crippen molar-refractivity contribution in [3.05, 3.63) is 5.69 Å². The van der Waals surface area contributed by atoms with Gasteiger partial charge < -0.3 is 4.90 Å². The van der Waals surface area contributed by atoms with Gasteiger partial charge in [0.05, 0.1) is 9.90 Å². The van der Waals surface area contributed by atoms with E-state index in [0.717, 1.165) is 47.3 Å². The van der Waals surface area contributed by atoms with Crippen molar-refractivity contribution in [1.82, 2.24) is 9.88 Å². The van der Waals surface area contributed by atoms with Crippen LogP contribution in [-0.4, -0.2) is 28.0 Å². The summed E-state index contributed by atoms with van der Waals surface area (Å²) in [5.41, 5.74) is 0.814. The fourth-order valence-electron chi connectivity index (χ4n) is 4.08. The van der Waals surface area contributed by atoms with Gasteiger partial charge >= 0.3 is 6.03 Å². The number of thiazole rings is 1. The predicted octanol–water partition coefficient (Wildman–Crippen LogP) is 5.52. The molecule has 136 valence electrons. The number of nitrogens with one attached hydrogen (secondary N) is 1. The molecule has 1 heterocycles. The number of nitrogens with zero attached hydrogens (tertiary/aromatic N) is 3. The third kappa shape index (κ3) is 4.68. The second-order valence-electron chi connectivity index (χ2n) is 7.01. The highest BCUT2D eigenvalue weighted by molar-refractivity contribution is 8.05. The molecule has 0 radical (unpaired) electrons. The number of rotatable bonds is 4. The molecule has 2 aliphatic rings. The lowest BCUT2D eigenvalue weighted by molar-refractivity contribution is 0.114. The molecule has 1 aromatic heterocycles. The van der Waals surface area contributed by atoms with Gasteiger partial charge in [0.25, 0.3) is 0 Å². The number of aryl methyl sites for hydroxylation is 1. The Morgan fingerprint density at radius 3 is 2.24 bits per heavy atom. The number of nitriles is 1. The van der Waals surface area contributed by atoms with Crippen LogP contribution in [0.15, 0.2) is 4.21 Å². The first-order valence-corrected chi connectivity index (χ1v) is 10.9. The summed E-state index contributed by atoms with van der Waals surface area (Å²) in [6, 6.07) is 0.734. The molecule has 0 saturated heterocycles. The fraction of sp³-hybridized carbons (Fsp3) is 0.722. The van der Waals surface area contributed by atoms with Crippen molar-refractivity contribution in [1.29, 1.82) is 5.26 Å². The number of carbonyl (C=O) groups is 1. The topological polar surface area (TPSA) is 69.0 Å². The number of hydrogen-bond acceptors (Lipinski definition) is 5. The summed E-state index contributed by atoms with van der Waals surface area (Å²) < 4.78 is 0.861. The van der Waals surface area contributed by atoms with Crippen LogP contribution in [0, 0.1) is 17.6 Å². The summed E-state index contributed by atoms with van der Waals surface area (Å²) in [5, 5.41) is 14.6. The third-order valence-electron chi connectivity index (χ3n) is 5.28. The zero-order valence-corrected chi connectivity index (χ0v) is 16.4. The molecule has 0 aliphatic heterocycles. The molecule has 2 amide bonds. The fourth-order valence-corrected chi connectivity index (χ4v) is 5.56. The molecule has 1 aromatic rings. The van der Waals surface area contributed by atoms with Crippen LogP contribution in [-0.2, 0) is 0 Å². The molecule has 7 heteroatoms. The summed E-state index contributed by atoms with van der Waals surface area (Å²) in [7, 11) is 0. The van der Waals surface area contributed by atoms with Crippen LogP contribution in [0.3, 0.4) is 0 Å². The minimum Gasteiger partial charge on any atom is -0.319 e. The molecular weight excluding hydrogens is 352 g/mol. The highest BCUT2D eigenvalue weighted by atomic mass is 32.2. The van der Waals surface area contributed by atoms with Crippen LogP contribution in [0.25, 0.3) is 0 Å². The van der Waals surface area contributed by atoms with Gasteiger partial charge in [-0.15, -0.1) is 0 Å². The average Bonchev–Trinajstić information content (AvgIpc) is 2.96. The summed E-state index contributed by atoms with van der Waals surface area (Å²) in [6.45, 7) is 1.88. The normalized spacial score (nSPS) is 19.4. The number of anilines is 1. The monoisotopic (exact) mass is 378 g/mol. The molecule has 0 unspecified atom stereocenters. The van der Waals surface area contributed by atoms with Crippen LogP contribution >= 0.6 is 23.1 Å². The van der Waals surface area contributed by atoms with E-state index in [4.69, 9.17) is 5.26 Å². The minimum atomic E-state index is 0.000979. The second-order valence-corrected chi connectivity index (χ2v) is 9.06. The number of thiocyanates is 1. The van der Waals surface area contributed by atoms with Gasteiger partial charge in [-0.05, 0) is 32.6 Å². The van der Waals surface area contributed by atoms with E-state index in [1.54, 1.807) is 0 Å². The van der Waals surface area contributed by atoms with E-state index >= 15 is 0 Å². The SMILES string of the molecule is Cc1nc(NC(=O)N(C2CCCCC2)C2CCCCC2)sc1SC#N. The smallest absolute Gasteiger partial charge is 0.319 e. The molecule has 1 N–H and O–H groups in total. The maximum atomic E-state index is 13.1. The Hall–Kier alpha value is -1.26. The van der Waals surface area contributed by atoms with Crippen LogP contribution in [0.4, 0.5) is 9.93 Å². The summed E-state index contributed by atoms with van der Waals surface area (Å²) in [4.78, 5) is 19.7. The Bertz CT molecular complexity index is 610. The second kappa shape index (κ2) is 8.91. The van der Waals surface area contributed by atoms with Gasteiger partial charge in [-0.1, -0.05) is 49.9 Å². The van der Waals surface area contributed by atoms with Gasteiger partial charge in [-0.2, -0.15) is 5.26 Å². The lowest BCUT2D eigenvalue weighted by Gasteiger charge is -2.41. The number of hydrogen-bond donors (Lipinski definition) is 1. The highest BCUT2D eigenvalue weighted by Crippen LogP contribution is 2.33. The first kappa shape index (κ1) is 18.5. The molecule has 3 rings (SSSR count). The Labute approximate surface area is 158 Å². The number of urea groups is 1. The molecule has 0 spiro atoms. The Morgan fingerprint density at radius 2 is 1.72 bits per heavy atom. The molecule has 2 fully saturated rings. The molecule has 25 heavy (non-hydrogen) atoms.